The van der Waals surface area contributed by atoms with Crippen molar-refractivity contribution >= 4 is 27.3 Å². The number of hydrogen-bond donors (Lipinski definition) is 0. The summed E-state index contributed by atoms with van der Waals surface area (Å²) in [4.78, 5) is 4.72. The van der Waals surface area contributed by atoms with Crippen molar-refractivity contribution in [2.24, 2.45) is 5.92 Å². The van der Waals surface area contributed by atoms with Crippen LogP contribution in [0.15, 0.2) is 22.7 Å². The molecule has 1 aromatic carbocycles. The van der Waals surface area contributed by atoms with Gasteiger partial charge in [-0.2, -0.15) is 18.4 Å². The topological polar surface area (TPSA) is 45.9 Å². The van der Waals surface area contributed by atoms with E-state index in [0.717, 1.165) is 18.3 Å². The van der Waals surface area contributed by atoms with Crippen molar-refractivity contribution in [3.05, 3.63) is 49.4 Å². The van der Waals surface area contributed by atoms with Crippen molar-refractivity contribution in [3.63, 3.8) is 0 Å². The van der Waals surface area contributed by atoms with Crippen LogP contribution < -0.4 is 0 Å². The molecule has 174 valence electrons. The Hall–Kier alpha value is -1.57. The summed E-state index contributed by atoms with van der Waals surface area (Å²) < 4.78 is 73.9. The predicted molar refractivity (Wildman–Crippen MR) is 115 cm³/mol. The smallest absolute Gasteiger partial charge is 0.362 e. The molecule has 0 saturated heterocycles. The molecule has 1 fully saturated rings. The van der Waals surface area contributed by atoms with Gasteiger partial charge in [-0.1, -0.05) is 6.07 Å². The minimum Gasteiger partial charge on any atom is -0.362 e. The Balaban J connectivity index is 1.75. The van der Waals surface area contributed by atoms with E-state index in [2.05, 4.69) is 20.9 Å². The van der Waals surface area contributed by atoms with Gasteiger partial charge in [0.1, 0.15) is 6.07 Å². The lowest BCUT2D eigenvalue weighted by atomic mass is 9.82. The highest BCUT2D eigenvalue weighted by molar-refractivity contribution is 9.10. The molecule has 0 spiro atoms. The maximum Gasteiger partial charge on any atom is 0.391 e. The standard InChI is InChI=1S/C22H22BrF5N2OS/c1-12-18(32-20(30-12)14-5-7-16(8-6-14)22(26,27)28)19(21(2,24)25)31-11-13-3-4-15(10-29)17(23)9-13/h3-4,9,14,16,19H,5-8,11H2,1-2H3/t14-,16-,19?. The molecule has 0 amide bonds. The molecule has 1 saturated carbocycles. The van der Waals surface area contributed by atoms with Gasteiger partial charge < -0.3 is 4.74 Å². The van der Waals surface area contributed by atoms with Gasteiger partial charge in [0.2, 0.25) is 0 Å². The summed E-state index contributed by atoms with van der Waals surface area (Å²) in [6.45, 7) is 2.30. The fraction of sp³-hybridized carbons (Fsp3) is 0.545. The number of aromatic nitrogens is 1. The van der Waals surface area contributed by atoms with E-state index in [0.29, 0.717) is 39.1 Å². The molecule has 1 atom stereocenters. The van der Waals surface area contributed by atoms with Crippen LogP contribution >= 0.6 is 27.3 Å². The number of thiazole rings is 1. The molecule has 0 N–H and O–H groups in total. The number of ether oxygens (including phenoxy) is 1. The van der Waals surface area contributed by atoms with Gasteiger partial charge in [-0.15, -0.1) is 11.3 Å². The lowest BCUT2D eigenvalue weighted by molar-refractivity contribution is -0.182. The molecular weight excluding hydrogens is 515 g/mol. The Morgan fingerprint density at radius 3 is 2.41 bits per heavy atom. The van der Waals surface area contributed by atoms with Gasteiger partial charge in [-0.25, -0.2) is 13.8 Å². The third-order valence-electron chi connectivity index (χ3n) is 5.66. The average Bonchev–Trinajstić information content (AvgIpc) is 3.08. The minimum absolute atomic E-state index is 0.0273. The third-order valence-corrected chi connectivity index (χ3v) is 7.68. The molecule has 1 aromatic heterocycles. The fourth-order valence-corrected chi connectivity index (χ4v) is 5.79. The number of aryl methyl sites for hydroxylation is 1. The average molecular weight is 537 g/mol. The Bertz CT molecular complexity index is 988. The van der Waals surface area contributed by atoms with Gasteiger partial charge in [0, 0.05) is 17.3 Å². The Kier molecular flexibility index (Phi) is 7.62. The first kappa shape index (κ1) is 25.1. The second-order valence-electron chi connectivity index (χ2n) is 8.17. The lowest BCUT2D eigenvalue weighted by Crippen LogP contribution is -2.27. The van der Waals surface area contributed by atoms with Gasteiger partial charge in [-0.05, 0) is 66.2 Å². The highest BCUT2D eigenvalue weighted by Crippen LogP contribution is 2.46. The van der Waals surface area contributed by atoms with E-state index in [4.69, 9.17) is 10.00 Å². The Morgan fingerprint density at radius 1 is 1.22 bits per heavy atom. The second kappa shape index (κ2) is 9.74. The van der Waals surface area contributed by atoms with E-state index in [9.17, 15) is 22.0 Å². The van der Waals surface area contributed by atoms with E-state index in [1.165, 1.54) is 0 Å². The molecular formula is C22H22BrF5N2OS. The van der Waals surface area contributed by atoms with E-state index < -0.39 is 24.1 Å². The van der Waals surface area contributed by atoms with Gasteiger partial charge in [0.15, 0.2) is 6.10 Å². The number of benzene rings is 1. The third kappa shape index (κ3) is 5.86. The van der Waals surface area contributed by atoms with Crippen LogP contribution in [-0.4, -0.2) is 17.1 Å². The first-order chi connectivity index (χ1) is 14.9. The van der Waals surface area contributed by atoms with Crippen molar-refractivity contribution in [2.75, 3.05) is 0 Å². The second-order valence-corrected chi connectivity index (χ2v) is 10.1. The number of rotatable bonds is 6. The summed E-state index contributed by atoms with van der Waals surface area (Å²) in [5.74, 6) is -4.65. The van der Waals surface area contributed by atoms with Crippen LogP contribution in [0.3, 0.4) is 0 Å². The van der Waals surface area contributed by atoms with Gasteiger partial charge >= 0.3 is 6.18 Å². The molecule has 2 aromatic rings. The van der Waals surface area contributed by atoms with Gasteiger partial charge in [0.25, 0.3) is 5.92 Å². The predicted octanol–water partition coefficient (Wildman–Crippen LogP) is 7.83. The van der Waals surface area contributed by atoms with Crippen LogP contribution in [0.25, 0.3) is 0 Å². The maximum absolute atomic E-state index is 14.5. The maximum atomic E-state index is 14.5. The summed E-state index contributed by atoms with van der Waals surface area (Å²) in [6.07, 6.45) is -5.00. The zero-order chi connectivity index (χ0) is 23.7. The van der Waals surface area contributed by atoms with Crippen molar-refractivity contribution in [1.82, 2.24) is 4.98 Å². The minimum atomic E-state index is -4.20. The van der Waals surface area contributed by atoms with Crippen LogP contribution in [0.1, 0.15) is 71.3 Å². The SMILES string of the molecule is Cc1nc([C@H]2CC[C@H](C(F)(F)F)CC2)sc1C(OCc1ccc(C#N)c(Br)c1)C(C)(F)F. The monoisotopic (exact) mass is 536 g/mol. The number of halogens is 6. The molecule has 1 unspecified atom stereocenters. The first-order valence-electron chi connectivity index (χ1n) is 10.1. The normalized spacial score (nSPS) is 20.7. The van der Waals surface area contributed by atoms with E-state index in [1.54, 1.807) is 25.1 Å². The van der Waals surface area contributed by atoms with Crippen molar-refractivity contribution in [3.8, 4) is 6.07 Å². The molecule has 1 heterocycles. The fourth-order valence-electron chi connectivity index (χ4n) is 3.89. The summed E-state index contributed by atoms with van der Waals surface area (Å²) in [7, 11) is 0. The molecule has 10 heteroatoms. The van der Waals surface area contributed by atoms with E-state index >= 15 is 0 Å². The number of hydrogen-bond acceptors (Lipinski definition) is 4. The summed E-state index contributed by atoms with van der Waals surface area (Å²) >= 11 is 4.37. The summed E-state index contributed by atoms with van der Waals surface area (Å²) in [5.41, 5.74) is 1.46. The molecule has 1 aliphatic carbocycles. The molecule has 3 nitrogen and oxygen atoms in total. The van der Waals surface area contributed by atoms with Crippen molar-refractivity contribution < 1.29 is 26.7 Å². The molecule has 3 rings (SSSR count). The quantitative estimate of drug-likeness (QED) is 0.353. The molecule has 0 radical (unpaired) electrons. The summed E-state index contributed by atoms with van der Waals surface area (Å²) in [6, 6.07) is 6.88. The molecule has 1 aliphatic rings. The van der Waals surface area contributed by atoms with E-state index in [-0.39, 0.29) is 30.2 Å². The molecule has 0 aliphatic heterocycles. The van der Waals surface area contributed by atoms with Crippen LogP contribution in [0.2, 0.25) is 0 Å². The number of nitriles is 1. The first-order valence-corrected chi connectivity index (χ1v) is 11.7. The van der Waals surface area contributed by atoms with E-state index in [1.807, 2.05) is 6.07 Å². The summed E-state index contributed by atoms with van der Waals surface area (Å²) in [5, 5.41) is 9.60. The van der Waals surface area contributed by atoms with Crippen LogP contribution in [0.5, 0.6) is 0 Å². The number of alkyl halides is 5. The lowest BCUT2D eigenvalue weighted by Gasteiger charge is -2.28. The largest absolute Gasteiger partial charge is 0.391 e. The highest BCUT2D eigenvalue weighted by Gasteiger charge is 2.43. The van der Waals surface area contributed by atoms with Crippen LogP contribution in [-0.2, 0) is 11.3 Å². The molecule has 0 bridgehead atoms. The zero-order valence-corrected chi connectivity index (χ0v) is 19.9. The van der Waals surface area contributed by atoms with Gasteiger partial charge in [0.05, 0.1) is 33.7 Å². The molecule has 32 heavy (non-hydrogen) atoms. The van der Waals surface area contributed by atoms with Crippen LogP contribution in [0.4, 0.5) is 22.0 Å². The van der Waals surface area contributed by atoms with Crippen molar-refractivity contribution in [2.45, 2.75) is 70.3 Å². The Morgan fingerprint density at radius 2 is 1.88 bits per heavy atom. The number of nitrogens with zero attached hydrogens (tertiary/aromatic N) is 2. The Labute approximate surface area is 195 Å². The highest BCUT2D eigenvalue weighted by atomic mass is 79.9. The van der Waals surface area contributed by atoms with Crippen molar-refractivity contribution in [1.29, 1.82) is 5.26 Å². The van der Waals surface area contributed by atoms with Gasteiger partial charge in [-0.3, -0.25) is 0 Å². The zero-order valence-electron chi connectivity index (χ0n) is 17.5. The van der Waals surface area contributed by atoms with Crippen LogP contribution in [0, 0.1) is 24.2 Å².